The Morgan fingerprint density at radius 1 is 1.15 bits per heavy atom. The van der Waals surface area contributed by atoms with Crippen molar-refractivity contribution in [2.75, 3.05) is 0 Å². The van der Waals surface area contributed by atoms with Crippen molar-refractivity contribution in [2.45, 2.75) is 12.5 Å². The number of nitrogens with one attached hydrogen (secondary N) is 1. The van der Waals surface area contributed by atoms with E-state index in [1.54, 1.807) is 12.1 Å². The van der Waals surface area contributed by atoms with Crippen molar-refractivity contribution in [3.63, 3.8) is 0 Å². The van der Waals surface area contributed by atoms with Crippen molar-refractivity contribution in [3.05, 3.63) is 67.3 Å². The van der Waals surface area contributed by atoms with Gasteiger partial charge in [-0.25, -0.2) is 4.39 Å². The summed E-state index contributed by atoms with van der Waals surface area (Å²) in [4.78, 5) is 0. The molecular weight excluding hydrogens is 410 g/mol. The Morgan fingerprint density at radius 3 is 2.40 bits per heavy atom. The topological polar surface area (TPSA) is 38.0 Å². The van der Waals surface area contributed by atoms with Gasteiger partial charge in [-0.3, -0.25) is 11.3 Å². The molecule has 2 nitrogen and oxygen atoms in total. The second kappa shape index (κ2) is 7.00. The van der Waals surface area contributed by atoms with Crippen LogP contribution in [-0.2, 0) is 6.42 Å². The zero-order valence-corrected chi connectivity index (χ0v) is 14.3. The highest BCUT2D eigenvalue weighted by Crippen LogP contribution is 2.31. The van der Waals surface area contributed by atoms with E-state index >= 15 is 0 Å². The summed E-state index contributed by atoms with van der Waals surface area (Å²) in [5.74, 6) is 5.10. The summed E-state index contributed by atoms with van der Waals surface area (Å²) in [6, 6.07) is 10.9. The van der Waals surface area contributed by atoms with E-state index in [0.717, 1.165) is 10.0 Å². The van der Waals surface area contributed by atoms with Gasteiger partial charge in [-0.1, -0.05) is 45.7 Å². The molecule has 0 fully saturated rings. The lowest BCUT2D eigenvalue weighted by Gasteiger charge is -2.18. The van der Waals surface area contributed by atoms with E-state index in [1.807, 2.05) is 24.3 Å². The Balaban J connectivity index is 2.29. The van der Waals surface area contributed by atoms with Crippen LogP contribution in [0.4, 0.5) is 4.39 Å². The lowest BCUT2D eigenvalue weighted by molar-refractivity contribution is 0.510. The van der Waals surface area contributed by atoms with Crippen LogP contribution in [0.5, 0.6) is 0 Å². The molecule has 0 aromatic heterocycles. The van der Waals surface area contributed by atoms with Gasteiger partial charge in [0, 0.05) is 14.5 Å². The number of nitrogens with two attached hydrogens (primary N) is 1. The van der Waals surface area contributed by atoms with Crippen molar-refractivity contribution in [3.8, 4) is 0 Å². The van der Waals surface area contributed by atoms with Crippen LogP contribution >= 0.6 is 43.5 Å². The van der Waals surface area contributed by atoms with Crippen LogP contribution < -0.4 is 11.3 Å². The average Bonchev–Trinajstić information content (AvgIpc) is 2.45. The third-order valence-electron chi connectivity index (χ3n) is 2.99. The fourth-order valence-corrected chi connectivity index (χ4v) is 2.67. The largest absolute Gasteiger partial charge is 0.271 e. The Labute approximate surface area is 138 Å². The summed E-state index contributed by atoms with van der Waals surface area (Å²) in [6.07, 6.45) is 0.568. The van der Waals surface area contributed by atoms with Crippen molar-refractivity contribution in [1.82, 2.24) is 5.43 Å². The quantitative estimate of drug-likeness (QED) is 0.424. The zero-order chi connectivity index (χ0) is 14.7. The molecule has 0 amide bonds. The molecular formula is C14H12Br2ClFN2. The average molecular weight is 423 g/mol. The van der Waals surface area contributed by atoms with Crippen molar-refractivity contribution in [2.24, 2.45) is 5.84 Å². The smallest absolute Gasteiger partial charge is 0.147 e. The fourth-order valence-electron chi connectivity index (χ4n) is 1.92. The first-order chi connectivity index (χ1) is 9.52. The van der Waals surface area contributed by atoms with Gasteiger partial charge in [0.25, 0.3) is 0 Å². The van der Waals surface area contributed by atoms with Gasteiger partial charge in [-0.05, 0) is 46.1 Å². The Hall–Kier alpha value is -0.460. The normalized spacial score (nSPS) is 12.4. The van der Waals surface area contributed by atoms with Crippen LogP contribution in [0.3, 0.4) is 0 Å². The van der Waals surface area contributed by atoms with Crippen LogP contribution in [-0.4, -0.2) is 0 Å². The summed E-state index contributed by atoms with van der Waals surface area (Å²) < 4.78 is 15.7. The molecule has 106 valence electrons. The SMILES string of the molecule is NNC(Cc1ccc(Br)cc1)c1ccc(Br)c(Cl)c1F. The molecule has 0 saturated carbocycles. The van der Waals surface area contributed by atoms with Gasteiger partial charge in [0.1, 0.15) is 5.82 Å². The molecule has 0 spiro atoms. The lowest BCUT2D eigenvalue weighted by Crippen LogP contribution is -2.30. The standard InChI is InChI=1S/C14H12Br2ClFN2/c15-9-3-1-8(2-4-9)7-12(20-19)10-5-6-11(16)13(17)14(10)18/h1-6,12,20H,7,19H2. The summed E-state index contributed by atoms with van der Waals surface area (Å²) in [7, 11) is 0. The molecule has 0 bridgehead atoms. The number of hydrogen-bond donors (Lipinski definition) is 2. The zero-order valence-electron chi connectivity index (χ0n) is 10.3. The van der Waals surface area contributed by atoms with Crippen LogP contribution in [0.15, 0.2) is 45.3 Å². The van der Waals surface area contributed by atoms with Gasteiger partial charge in [0.05, 0.1) is 11.1 Å². The number of benzene rings is 2. The molecule has 2 aromatic carbocycles. The highest BCUT2D eigenvalue weighted by Gasteiger charge is 2.18. The summed E-state index contributed by atoms with van der Waals surface area (Å²) in [5, 5.41) is 0.0681. The van der Waals surface area contributed by atoms with Crippen LogP contribution in [0.1, 0.15) is 17.2 Å². The molecule has 6 heteroatoms. The molecule has 0 radical (unpaired) electrons. The number of hydrogen-bond acceptors (Lipinski definition) is 2. The molecule has 1 unspecified atom stereocenters. The lowest BCUT2D eigenvalue weighted by atomic mass is 9.99. The summed E-state index contributed by atoms with van der Waals surface area (Å²) in [6.45, 7) is 0. The fraction of sp³-hybridized carbons (Fsp3) is 0.143. The minimum atomic E-state index is -0.457. The monoisotopic (exact) mass is 420 g/mol. The summed E-state index contributed by atoms with van der Waals surface area (Å²) >= 11 is 12.5. The highest BCUT2D eigenvalue weighted by molar-refractivity contribution is 9.10. The van der Waals surface area contributed by atoms with E-state index in [0.29, 0.717) is 16.5 Å². The highest BCUT2D eigenvalue weighted by atomic mass is 79.9. The van der Waals surface area contributed by atoms with Gasteiger partial charge in [-0.2, -0.15) is 0 Å². The Bertz CT molecular complexity index is 605. The minimum absolute atomic E-state index is 0.0681. The van der Waals surface area contributed by atoms with E-state index in [2.05, 4.69) is 37.3 Å². The number of hydrazine groups is 1. The number of halogens is 4. The van der Waals surface area contributed by atoms with Crippen molar-refractivity contribution < 1.29 is 4.39 Å². The third kappa shape index (κ3) is 3.59. The first-order valence-corrected chi connectivity index (χ1v) is 7.83. The van der Waals surface area contributed by atoms with Gasteiger partial charge >= 0.3 is 0 Å². The Morgan fingerprint density at radius 2 is 1.80 bits per heavy atom. The molecule has 20 heavy (non-hydrogen) atoms. The predicted octanol–water partition coefficient (Wildman–Crippen LogP) is 4.75. The maximum atomic E-state index is 14.2. The molecule has 0 saturated heterocycles. The maximum Gasteiger partial charge on any atom is 0.147 e. The minimum Gasteiger partial charge on any atom is -0.271 e. The molecule has 0 heterocycles. The van der Waals surface area contributed by atoms with Crippen molar-refractivity contribution in [1.29, 1.82) is 0 Å². The first-order valence-electron chi connectivity index (χ1n) is 5.87. The third-order valence-corrected chi connectivity index (χ3v) is 4.78. The van der Waals surface area contributed by atoms with Crippen LogP contribution in [0.2, 0.25) is 5.02 Å². The Kier molecular flexibility index (Phi) is 5.57. The molecule has 0 aliphatic heterocycles. The molecule has 2 rings (SSSR count). The molecule has 0 aliphatic rings. The first kappa shape index (κ1) is 15.9. The van der Waals surface area contributed by atoms with Crippen LogP contribution in [0.25, 0.3) is 0 Å². The number of rotatable bonds is 4. The van der Waals surface area contributed by atoms with Gasteiger partial charge in [0.15, 0.2) is 0 Å². The molecule has 0 aliphatic carbocycles. The van der Waals surface area contributed by atoms with E-state index < -0.39 is 5.82 Å². The predicted molar refractivity (Wildman–Crippen MR) is 87.0 cm³/mol. The van der Waals surface area contributed by atoms with Gasteiger partial charge in [-0.15, -0.1) is 0 Å². The molecule has 2 aromatic rings. The van der Waals surface area contributed by atoms with Gasteiger partial charge in [0.2, 0.25) is 0 Å². The van der Waals surface area contributed by atoms with Crippen LogP contribution in [0, 0.1) is 5.82 Å². The second-order valence-electron chi connectivity index (χ2n) is 4.31. The van der Waals surface area contributed by atoms with Gasteiger partial charge < -0.3 is 0 Å². The van der Waals surface area contributed by atoms with Crippen molar-refractivity contribution >= 4 is 43.5 Å². The molecule has 1 atom stereocenters. The molecule has 3 N–H and O–H groups in total. The summed E-state index contributed by atoms with van der Waals surface area (Å²) in [5.41, 5.74) is 4.14. The van der Waals surface area contributed by atoms with E-state index in [1.165, 1.54) is 0 Å². The maximum absolute atomic E-state index is 14.2. The van der Waals surface area contributed by atoms with E-state index in [9.17, 15) is 4.39 Å². The van der Waals surface area contributed by atoms with E-state index in [-0.39, 0.29) is 11.1 Å². The second-order valence-corrected chi connectivity index (χ2v) is 6.46. The van der Waals surface area contributed by atoms with E-state index in [4.69, 9.17) is 17.4 Å².